The van der Waals surface area contributed by atoms with Crippen molar-refractivity contribution < 1.29 is 31.9 Å². The largest absolute Gasteiger partial charge is 0.407 e. The zero-order valence-corrected chi connectivity index (χ0v) is 20.4. The fourth-order valence-corrected chi connectivity index (χ4v) is 4.07. The quantitative estimate of drug-likeness (QED) is 0.249. The van der Waals surface area contributed by atoms with Crippen molar-refractivity contribution in [3.63, 3.8) is 0 Å². The lowest BCUT2D eigenvalue weighted by atomic mass is 9.80. The van der Waals surface area contributed by atoms with E-state index in [1.807, 2.05) is 0 Å². The Balaban J connectivity index is 1.86. The summed E-state index contributed by atoms with van der Waals surface area (Å²) in [4.78, 5) is 42.4. The fraction of sp³-hybridized carbons (Fsp3) is 0.542. The van der Waals surface area contributed by atoms with Crippen LogP contribution >= 0.6 is 0 Å². The highest BCUT2D eigenvalue weighted by atomic mass is 19.4. The summed E-state index contributed by atoms with van der Waals surface area (Å²) >= 11 is 0. The van der Waals surface area contributed by atoms with E-state index in [2.05, 4.69) is 31.1 Å². The summed E-state index contributed by atoms with van der Waals surface area (Å²) in [5, 5.41) is 13.5. The molecule has 1 aliphatic carbocycles. The number of H-pyrrole nitrogens is 1. The Morgan fingerprint density at radius 2 is 1.86 bits per heavy atom. The molecule has 3 atom stereocenters. The number of benzene rings is 1. The molecule has 2 amide bonds. The molecule has 1 aromatic carbocycles. The van der Waals surface area contributed by atoms with Crippen LogP contribution < -0.4 is 16.0 Å². The van der Waals surface area contributed by atoms with Crippen LogP contribution in [-0.4, -0.2) is 57.1 Å². The fourth-order valence-electron chi connectivity index (χ4n) is 4.07. The summed E-state index contributed by atoms with van der Waals surface area (Å²) in [6.07, 6.45) is -1.26. The van der Waals surface area contributed by atoms with Crippen LogP contribution in [0.25, 0.3) is 0 Å². The highest BCUT2D eigenvalue weighted by Gasteiger charge is 2.44. The Labute approximate surface area is 211 Å². The summed E-state index contributed by atoms with van der Waals surface area (Å²) in [6.45, 7) is 3.34. The van der Waals surface area contributed by atoms with Gasteiger partial charge in [-0.2, -0.15) is 18.3 Å². The number of Topliss-reactive ketones (excluding diaryl/α,β-unsaturated/α-hetero) is 1. The molecule has 0 spiro atoms. The molecule has 0 saturated heterocycles. The van der Waals surface area contributed by atoms with E-state index in [0.29, 0.717) is 0 Å². The number of amides is 2. The molecular formula is C24H30F4N6O3. The van der Waals surface area contributed by atoms with E-state index in [-0.39, 0.29) is 30.6 Å². The third-order valence-electron chi connectivity index (χ3n) is 6.12. The predicted molar refractivity (Wildman–Crippen MR) is 124 cm³/mol. The van der Waals surface area contributed by atoms with Gasteiger partial charge in [-0.15, -0.1) is 0 Å². The number of halogens is 4. The molecule has 1 fully saturated rings. The van der Waals surface area contributed by atoms with Gasteiger partial charge in [0.1, 0.15) is 18.2 Å². The van der Waals surface area contributed by atoms with Crippen LogP contribution in [0.5, 0.6) is 0 Å². The van der Waals surface area contributed by atoms with Crippen molar-refractivity contribution in [1.29, 1.82) is 0 Å². The highest BCUT2D eigenvalue weighted by Crippen LogP contribution is 2.34. The molecular weight excluding hydrogens is 496 g/mol. The van der Waals surface area contributed by atoms with Gasteiger partial charge in [0, 0.05) is 12.5 Å². The van der Waals surface area contributed by atoms with E-state index in [1.54, 1.807) is 13.8 Å². The van der Waals surface area contributed by atoms with Crippen molar-refractivity contribution in [2.45, 2.75) is 76.3 Å². The van der Waals surface area contributed by atoms with E-state index < -0.39 is 53.3 Å². The van der Waals surface area contributed by atoms with Crippen LogP contribution in [0.2, 0.25) is 0 Å². The number of ketones is 1. The predicted octanol–water partition coefficient (Wildman–Crippen LogP) is 2.52. The smallest absolute Gasteiger partial charge is 0.347 e. The molecule has 13 heteroatoms. The maximum Gasteiger partial charge on any atom is 0.407 e. The van der Waals surface area contributed by atoms with E-state index >= 15 is 0 Å². The van der Waals surface area contributed by atoms with E-state index in [9.17, 15) is 31.9 Å². The number of carbonyl (C=O) groups excluding carboxylic acids is 3. The lowest BCUT2D eigenvalue weighted by Gasteiger charge is -2.31. The number of aromatic nitrogens is 3. The Morgan fingerprint density at radius 3 is 2.41 bits per heavy atom. The maximum atomic E-state index is 14.0. The molecule has 1 aromatic heterocycles. The molecule has 1 aliphatic rings. The Kier molecular flexibility index (Phi) is 9.35. The van der Waals surface area contributed by atoms with Gasteiger partial charge in [0.2, 0.25) is 11.7 Å². The molecule has 0 aliphatic heterocycles. The first kappa shape index (κ1) is 28.2. The molecule has 3 rings (SSSR count). The molecule has 2 aromatic rings. The molecule has 0 bridgehead atoms. The lowest BCUT2D eigenvalue weighted by Crippen LogP contribution is -2.56. The second-order valence-corrected chi connectivity index (χ2v) is 9.45. The first-order chi connectivity index (χ1) is 17.4. The normalized spacial score (nSPS) is 16.5. The van der Waals surface area contributed by atoms with Crippen molar-refractivity contribution in [2.24, 2.45) is 5.92 Å². The van der Waals surface area contributed by atoms with Crippen molar-refractivity contribution in [1.82, 2.24) is 31.1 Å². The minimum absolute atomic E-state index is 0.0484. The first-order valence-corrected chi connectivity index (χ1v) is 12.0. The van der Waals surface area contributed by atoms with Crippen LogP contribution in [0, 0.1) is 11.7 Å². The summed E-state index contributed by atoms with van der Waals surface area (Å²) < 4.78 is 55.8. The van der Waals surface area contributed by atoms with Crippen molar-refractivity contribution in [2.75, 3.05) is 0 Å². The maximum absolute atomic E-state index is 14.0. The minimum Gasteiger partial charge on any atom is -0.347 e. The van der Waals surface area contributed by atoms with Crippen LogP contribution in [0.3, 0.4) is 0 Å². The minimum atomic E-state index is -4.89. The monoisotopic (exact) mass is 526 g/mol. The second-order valence-electron chi connectivity index (χ2n) is 9.45. The van der Waals surface area contributed by atoms with Gasteiger partial charge in [0.15, 0.2) is 5.82 Å². The topological polar surface area (TPSA) is 129 Å². The third kappa shape index (κ3) is 8.07. The molecule has 202 valence electrons. The van der Waals surface area contributed by atoms with Gasteiger partial charge in [-0.1, -0.05) is 31.4 Å². The average Bonchev–Trinajstić information content (AvgIpc) is 3.29. The Hall–Kier alpha value is -3.35. The lowest BCUT2D eigenvalue weighted by molar-refractivity contribution is -0.161. The van der Waals surface area contributed by atoms with E-state index in [1.165, 1.54) is 6.33 Å². The first-order valence-electron chi connectivity index (χ1n) is 12.0. The molecule has 37 heavy (non-hydrogen) atoms. The Morgan fingerprint density at radius 1 is 1.14 bits per heavy atom. The van der Waals surface area contributed by atoms with Gasteiger partial charge in [-0.05, 0) is 43.9 Å². The van der Waals surface area contributed by atoms with Gasteiger partial charge in [0.25, 0.3) is 5.91 Å². The molecule has 0 unspecified atom stereocenters. The zero-order chi connectivity index (χ0) is 27.2. The molecule has 1 heterocycles. The van der Waals surface area contributed by atoms with Crippen LogP contribution in [0.15, 0.2) is 30.6 Å². The number of hydrogen-bond acceptors (Lipinski definition) is 6. The number of carbonyl (C=O) groups is 3. The van der Waals surface area contributed by atoms with E-state index in [4.69, 9.17) is 0 Å². The SMILES string of the molecule is CC(C)NC(=O)C(=O)[C@H](CC1CCC1)NC(=O)[C@H](Cc1nc[nH]n1)N[C@@H](c1cccc(F)c1)C(F)(F)F. The van der Waals surface area contributed by atoms with Gasteiger partial charge in [-0.3, -0.25) is 24.8 Å². The third-order valence-corrected chi connectivity index (χ3v) is 6.12. The molecule has 9 nitrogen and oxygen atoms in total. The number of alkyl halides is 3. The van der Waals surface area contributed by atoms with Crippen molar-refractivity contribution >= 4 is 17.6 Å². The zero-order valence-electron chi connectivity index (χ0n) is 20.4. The molecule has 0 radical (unpaired) electrons. The number of nitrogens with zero attached hydrogens (tertiary/aromatic N) is 2. The summed E-state index contributed by atoms with van der Waals surface area (Å²) in [5.74, 6) is -3.41. The average molecular weight is 527 g/mol. The standard InChI is InChI=1S/C24H30F4N6O3/c1-13(2)31-23(37)20(35)17(9-14-5-3-6-14)33-22(36)18(11-19-29-12-30-34-19)32-21(24(26,27)28)15-7-4-8-16(25)10-15/h4,7-8,10,12-14,17-18,21,32H,3,5-6,9,11H2,1-2H3,(H,31,37)(H,33,36)(H,29,30,34)/t17-,18-,21-/m0/s1. The molecule has 1 saturated carbocycles. The second kappa shape index (κ2) is 12.3. The van der Waals surface area contributed by atoms with Gasteiger partial charge < -0.3 is 10.6 Å². The van der Waals surface area contributed by atoms with Crippen LogP contribution in [0.4, 0.5) is 17.6 Å². The van der Waals surface area contributed by atoms with Crippen LogP contribution in [-0.2, 0) is 20.8 Å². The summed E-state index contributed by atoms with van der Waals surface area (Å²) in [7, 11) is 0. The van der Waals surface area contributed by atoms with Gasteiger partial charge >= 0.3 is 6.18 Å². The Bertz CT molecular complexity index is 1070. The van der Waals surface area contributed by atoms with Gasteiger partial charge in [0.05, 0.1) is 12.1 Å². The van der Waals surface area contributed by atoms with Gasteiger partial charge in [-0.25, -0.2) is 9.37 Å². The number of hydrogen-bond donors (Lipinski definition) is 4. The molecule has 4 N–H and O–H groups in total. The number of aromatic amines is 1. The summed E-state index contributed by atoms with van der Waals surface area (Å²) in [5.41, 5.74) is -0.432. The highest BCUT2D eigenvalue weighted by molar-refractivity contribution is 6.38. The number of rotatable bonds is 12. The van der Waals surface area contributed by atoms with Crippen molar-refractivity contribution in [3.05, 3.63) is 47.8 Å². The van der Waals surface area contributed by atoms with Crippen LogP contribution in [0.1, 0.15) is 57.0 Å². The van der Waals surface area contributed by atoms with E-state index in [0.717, 1.165) is 43.5 Å². The summed E-state index contributed by atoms with van der Waals surface area (Å²) in [6, 6.07) is -1.54. The van der Waals surface area contributed by atoms with Crippen molar-refractivity contribution in [3.8, 4) is 0 Å². The number of nitrogens with one attached hydrogen (secondary N) is 4.